The molecule has 0 spiro atoms. The van der Waals surface area contributed by atoms with Gasteiger partial charge in [-0.25, -0.2) is 5.48 Å². The molecule has 0 radical (unpaired) electrons. The number of carbonyl (C=O) groups is 1. The van der Waals surface area contributed by atoms with Crippen molar-refractivity contribution in [3.05, 3.63) is 64.7 Å². The zero-order valence-corrected chi connectivity index (χ0v) is 12.5. The van der Waals surface area contributed by atoms with E-state index in [1.807, 2.05) is 24.3 Å². The highest BCUT2D eigenvalue weighted by atomic mass is 16.5. The van der Waals surface area contributed by atoms with E-state index >= 15 is 0 Å². The van der Waals surface area contributed by atoms with Crippen LogP contribution in [-0.4, -0.2) is 18.2 Å². The molecule has 2 aromatic rings. The second-order valence-corrected chi connectivity index (χ2v) is 5.64. The van der Waals surface area contributed by atoms with Crippen molar-refractivity contribution in [1.29, 1.82) is 0 Å². The molecule has 0 aromatic heterocycles. The summed E-state index contributed by atoms with van der Waals surface area (Å²) in [5.74, 6) is 0.913. The summed E-state index contributed by atoms with van der Waals surface area (Å²) in [7, 11) is 1.67. The number of hydroxylamine groups is 1. The molecule has 1 unspecified atom stereocenters. The zero-order chi connectivity index (χ0) is 15.5. The molecular formula is C18H19NO3. The average Bonchev–Trinajstić information content (AvgIpc) is 2.60. The maximum atomic E-state index is 11.5. The fourth-order valence-electron chi connectivity index (χ4n) is 3.12. The van der Waals surface area contributed by atoms with Gasteiger partial charge in [-0.15, -0.1) is 0 Å². The van der Waals surface area contributed by atoms with Crippen molar-refractivity contribution in [2.75, 3.05) is 7.11 Å². The van der Waals surface area contributed by atoms with Gasteiger partial charge in [0, 0.05) is 5.56 Å². The Morgan fingerprint density at radius 3 is 2.64 bits per heavy atom. The van der Waals surface area contributed by atoms with E-state index in [9.17, 15) is 4.79 Å². The van der Waals surface area contributed by atoms with Crippen molar-refractivity contribution >= 4 is 5.91 Å². The Kier molecular flexibility index (Phi) is 4.11. The van der Waals surface area contributed by atoms with Crippen LogP contribution in [0.1, 0.15) is 39.4 Å². The number of rotatable bonds is 3. The Balaban J connectivity index is 1.80. The van der Waals surface area contributed by atoms with E-state index < -0.39 is 5.91 Å². The molecule has 0 saturated carbocycles. The Morgan fingerprint density at radius 2 is 1.95 bits per heavy atom. The molecule has 0 heterocycles. The molecule has 114 valence electrons. The van der Waals surface area contributed by atoms with Gasteiger partial charge < -0.3 is 4.74 Å². The number of carbonyl (C=O) groups excluding carboxylic acids is 1. The maximum Gasteiger partial charge on any atom is 0.274 e. The van der Waals surface area contributed by atoms with E-state index in [-0.39, 0.29) is 0 Å². The highest BCUT2D eigenvalue weighted by Crippen LogP contribution is 2.33. The lowest BCUT2D eigenvalue weighted by atomic mass is 9.79. The van der Waals surface area contributed by atoms with E-state index in [2.05, 4.69) is 12.1 Å². The molecule has 0 bridgehead atoms. The largest absolute Gasteiger partial charge is 0.497 e. The fraction of sp³-hybridized carbons (Fsp3) is 0.278. The number of aryl methyl sites for hydroxylation is 1. The van der Waals surface area contributed by atoms with Crippen LogP contribution in [0, 0.1) is 0 Å². The van der Waals surface area contributed by atoms with Gasteiger partial charge in [-0.1, -0.05) is 18.2 Å². The summed E-state index contributed by atoms with van der Waals surface area (Å²) in [6, 6.07) is 13.9. The van der Waals surface area contributed by atoms with Crippen LogP contribution in [0.5, 0.6) is 5.75 Å². The van der Waals surface area contributed by atoms with Crippen molar-refractivity contribution in [2.24, 2.45) is 0 Å². The number of benzene rings is 2. The highest BCUT2D eigenvalue weighted by Gasteiger charge is 2.21. The number of hydrogen-bond acceptors (Lipinski definition) is 3. The molecule has 3 rings (SSSR count). The van der Waals surface area contributed by atoms with Gasteiger partial charge in [0.05, 0.1) is 7.11 Å². The number of fused-ring (bicyclic) bond motifs is 1. The fourth-order valence-corrected chi connectivity index (χ4v) is 3.12. The molecule has 0 fully saturated rings. The van der Waals surface area contributed by atoms with Gasteiger partial charge in [0.15, 0.2) is 0 Å². The number of amides is 1. The lowest BCUT2D eigenvalue weighted by Gasteiger charge is -2.25. The van der Waals surface area contributed by atoms with Crippen molar-refractivity contribution in [3.8, 4) is 5.75 Å². The number of ether oxygens (including phenoxy) is 1. The molecule has 0 aliphatic heterocycles. The minimum atomic E-state index is -0.458. The van der Waals surface area contributed by atoms with Crippen LogP contribution in [-0.2, 0) is 12.8 Å². The van der Waals surface area contributed by atoms with E-state index in [0.29, 0.717) is 11.5 Å². The van der Waals surface area contributed by atoms with Crippen LogP contribution >= 0.6 is 0 Å². The lowest BCUT2D eigenvalue weighted by Crippen LogP contribution is -2.20. The Bertz CT molecular complexity index is 679. The van der Waals surface area contributed by atoms with Gasteiger partial charge in [0.25, 0.3) is 5.91 Å². The third-order valence-electron chi connectivity index (χ3n) is 4.39. The van der Waals surface area contributed by atoms with Gasteiger partial charge in [-0.05, 0) is 66.1 Å². The lowest BCUT2D eigenvalue weighted by molar-refractivity contribution is 0.0706. The number of methoxy groups -OCH3 is 1. The summed E-state index contributed by atoms with van der Waals surface area (Å²) < 4.78 is 5.20. The van der Waals surface area contributed by atoms with Gasteiger partial charge in [-0.2, -0.15) is 0 Å². The molecule has 2 aromatic carbocycles. The van der Waals surface area contributed by atoms with Crippen molar-refractivity contribution in [2.45, 2.75) is 25.2 Å². The van der Waals surface area contributed by atoms with Gasteiger partial charge in [0.2, 0.25) is 0 Å². The summed E-state index contributed by atoms with van der Waals surface area (Å²) in [5, 5.41) is 8.72. The first-order valence-corrected chi connectivity index (χ1v) is 7.41. The van der Waals surface area contributed by atoms with Crippen LogP contribution in [0.3, 0.4) is 0 Å². The normalized spacial score (nSPS) is 16.7. The molecule has 22 heavy (non-hydrogen) atoms. The SMILES string of the molecule is COc1ccc(C2CCc3cc(C(=O)NO)ccc3C2)cc1. The summed E-state index contributed by atoms with van der Waals surface area (Å²) in [6.45, 7) is 0. The van der Waals surface area contributed by atoms with Crippen LogP contribution in [0.2, 0.25) is 0 Å². The number of hydrogen-bond donors (Lipinski definition) is 2. The van der Waals surface area contributed by atoms with Crippen LogP contribution < -0.4 is 10.2 Å². The average molecular weight is 297 g/mol. The maximum absolute atomic E-state index is 11.5. The molecule has 1 amide bonds. The van der Waals surface area contributed by atoms with Crippen molar-refractivity contribution in [3.63, 3.8) is 0 Å². The van der Waals surface area contributed by atoms with E-state index in [0.717, 1.165) is 25.0 Å². The highest BCUT2D eigenvalue weighted by molar-refractivity contribution is 5.93. The smallest absolute Gasteiger partial charge is 0.274 e. The number of nitrogens with one attached hydrogen (secondary N) is 1. The topological polar surface area (TPSA) is 58.6 Å². The van der Waals surface area contributed by atoms with Crippen LogP contribution in [0.15, 0.2) is 42.5 Å². The molecule has 2 N–H and O–H groups in total. The second-order valence-electron chi connectivity index (χ2n) is 5.64. The first kappa shape index (κ1) is 14.6. The molecule has 0 saturated heterocycles. The van der Waals surface area contributed by atoms with Gasteiger partial charge >= 0.3 is 0 Å². The monoisotopic (exact) mass is 297 g/mol. The van der Waals surface area contributed by atoms with Crippen molar-refractivity contribution < 1.29 is 14.7 Å². The van der Waals surface area contributed by atoms with Gasteiger partial charge in [0.1, 0.15) is 5.75 Å². The molecular weight excluding hydrogens is 278 g/mol. The van der Waals surface area contributed by atoms with Crippen LogP contribution in [0.4, 0.5) is 0 Å². The second kappa shape index (κ2) is 6.20. The quantitative estimate of drug-likeness (QED) is 0.676. The standard InChI is InChI=1S/C18H19NO3/c1-22-17-8-6-12(7-9-17)13-2-3-15-11-16(18(20)19-21)5-4-14(15)10-13/h4-9,11,13,21H,2-3,10H2,1H3,(H,19,20). The van der Waals surface area contributed by atoms with E-state index in [4.69, 9.17) is 9.94 Å². The summed E-state index contributed by atoms with van der Waals surface area (Å²) >= 11 is 0. The Morgan fingerprint density at radius 1 is 1.18 bits per heavy atom. The molecule has 1 atom stereocenters. The molecule has 1 aliphatic rings. The first-order valence-electron chi connectivity index (χ1n) is 7.41. The molecule has 4 nitrogen and oxygen atoms in total. The van der Waals surface area contributed by atoms with Crippen molar-refractivity contribution in [1.82, 2.24) is 5.48 Å². The minimum absolute atomic E-state index is 0.458. The third-order valence-corrected chi connectivity index (χ3v) is 4.39. The summed E-state index contributed by atoms with van der Waals surface area (Å²) in [5.41, 5.74) is 5.99. The van der Waals surface area contributed by atoms with E-state index in [1.165, 1.54) is 16.7 Å². The summed E-state index contributed by atoms with van der Waals surface area (Å²) in [4.78, 5) is 11.5. The predicted molar refractivity (Wildman–Crippen MR) is 83.5 cm³/mol. The Hall–Kier alpha value is -2.33. The van der Waals surface area contributed by atoms with Crippen LogP contribution in [0.25, 0.3) is 0 Å². The zero-order valence-electron chi connectivity index (χ0n) is 12.5. The predicted octanol–water partition coefficient (Wildman–Crippen LogP) is 3.09. The minimum Gasteiger partial charge on any atom is -0.497 e. The first-order chi connectivity index (χ1) is 10.7. The molecule has 1 aliphatic carbocycles. The third kappa shape index (κ3) is 2.83. The summed E-state index contributed by atoms with van der Waals surface area (Å²) in [6.07, 6.45) is 2.98. The van der Waals surface area contributed by atoms with E-state index in [1.54, 1.807) is 18.7 Å². The van der Waals surface area contributed by atoms with Gasteiger partial charge in [-0.3, -0.25) is 10.0 Å². The Labute approximate surface area is 129 Å². The molecule has 4 heteroatoms.